The third-order valence-corrected chi connectivity index (χ3v) is 5.09. The Bertz CT molecular complexity index is 892. The number of nitrogens with one attached hydrogen (secondary N) is 2. The van der Waals surface area contributed by atoms with Crippen LogP contribution in [0.3, 0.4) is 0 Å². The van der Waals surface area contributed by atoms with Gasteiger partial charge in [-0.1, -0.05) is 18.7 Å². The first-order valence-electron chi connectivity index (χ1n) is 7.55. The highest BCUT2D eigenvalue weighted by atomic mass is 32.2. The van der Waals surface area contributed by atoms with Crippen LogP contribution in [0, 0.1) is 13.8 Å². The number of aryl methyl sites for hydroxylation is 2. The Balaban J connectivity index is 2.20. The minimum atomic E-state index is -3.74. The maximum absolute atomic E-state index is 12.5. The van der Waals surface area contributed by atoms with E-state index in [9.17, 15) is 8.42 Å². The summed E-state index contributed by atoms with van der Waals surface area (Å²) >= 11 is 0. The van der Waals surface area contributed by atoms with Crippen molar-refractivity contribution in [1.29, 1.82) is 0 Å². The Hall–Kier alpha value is -2.51. The van der Waals surface area contributed by atoms with E-state index in [1.807, 2.05) is 13.0 Å². The van der Waals surface area contributed by atoms with Crippen molar-refractivity contribution in [3.63, 3.8) is 0 Å². The van der Waals surface area contributed by atoms with Crippen LogP contribution in [0.1, 0.15) is 16.7 Å². The summed E-state index contributed by atoms with van der Waals surface area (Å²) in [6.45, 7) is 7.45. The van der Waals surface area contributed by atoms with Gasteiger partial charge >= 0.3 is 0 Å². The summed E-state index contributed by atoms with van der Waals surface area (Å²) in [5.41, 5.74) is 5.14. The van der Waals surface area contributed by atoms with Crippen LogP contribution in [0.15, 0.2) is 47.9 Å². The predicted molar refractivity (Wildman–Crippen MR) is 98.0 cm³/mol. The molecule has 0 aliphatic rings. The Morgan fingerprint density at radius 1 is 1.04 bits per heavy atom. The Morgan fingerprint density at radius 3 is 2.40 bits per heavy atom. The van der Waals surface area contributed by atoms with Gasteiger partial charge in [0.15, 0.2) is 0 Å². The first-order chi connectivity index (χ1) is 11.8. The van der Waals surface area contributed by atoms with Gasteiger partial charge in [-0.3, -0.25) is 0 Å². The summed E-state index contributed by atoms with van der Waals surface area (Å²) in [7, 11) is -0.661. The van der Waals surface area contributed by atoms with Crippen LogP contribution < -0.4 is 19.7 Å². The highest BCUT2D eigenvalue weighted by Crippen LogP contribution is 2.28. The van der Waals surface area contributed by atoms with Gasteiger partial charge in [0.2, 0.25) is 0 Å². The molecule has 0 spiro atoms. The van der Waals surface area contributed by atoms with Crippen molar-refractivity contribution < 1.29 is 17.9 Å². The molecule has 2 N–H and O–H groups in total. The molecular weight excluding hydrogens is 340 g/mol. The molecule has 0 heterocycles. The summed E-state index contributed by atoms with van der Waals surface area (Å²) in [5.74, 6) is 1.15. The van der Waals surface area contributed by atoms with E-state index < -0.39 is 10.0 Å². The molecule has 0 saturated carbocycles. The van der Waals surface area contributed by atoms with Gasteiger partial charge in [-0.05, 0) is 43.2 Å². The van der Waals surface area contributed by atoms with Crippen LogP contribution in [-0.2, 0) is 10.0 Å². The number of rotatable bonds is 7. The van der Waals surface area contributed by atoms with Crippen molar-refractivity contribution in [2.75, 3.05) is 14.2 Å². The summed E-state index contributed by atoms with van der Waals surface area (Å²) in [6.07, 6.45) is 0. The zero-order chi connectivity index (χ0) is 18.6. The SMILES string of the molecule is C=C(NNS(=O)(=O)c1cc(C)ccc1C)c1ccc(OC)cc1OC. The maximum Gasteiger partial charge on any atom is 0.257 e. The summed E-state index contributed by atoms with van der Waals surface area (Å²) in [6, 6.07) is 10.4. The van der Waals surface area contributed by atoms with Crippen molar-refractivity contribution >= 4 is 15.7 Å². The molecule has 0 fully saturated rings. The molecule has 25 heavy (non-hydrogen) atoms. The molecule has 0 unspecified atom stereocenters. The highest BCUT2D eigenvalue weighted by Gasteiger charge is 2.18. The average molecular weight is 362 g/mol. The molecule has 0 aliphatic heterocycles. The lowest BCUT2D eigenvalue weighted by Gasteiger charge is -2.16. The Labute approximate surface area is 148 Å². The molecule has 2 rings (SSSR count). The fraction of sp³-hybridized carbons (Fsp3) is 0.222. The van der Waals surface area contributed by atoms with Crippen LogP contribution >= 0.6 is 0 Å². The van der Waals surface area contributed by atoms with Crippen LogP contribution in [0.5, 0.6) is 11.5 Å². The zero-order valence-corrected chi connectivity index (χ0v) is 15.5. The number of ether oxygens (including phenoxy) is 2. The van der Waals surface area contributed by atoms with Gasteiger partial charge < -0.3 is 14.9 Å². The average Bonchev–Trinajstić information content (AvgIpc) is 2.61. The number of hydrogen-bond donors (Lipinski definition) is 2. The third kappa shape index (κ3) is 4.32. The molecular formula is C18H22N2O4S. The van der Waals surface area contributed by atoms with Gasteiger partial charge in [0.25, 0.3) is 10.0 Å². The number of benzene rings is 2. The zero-order valence-electron chi connectivity index (χ0n) is 14.7. The number of methoxy groups -OCH3 is 2. The monoisotopic (exact) mass is 362 g/mol. The quantitative estimate of drug-likeness (QED) is 0.741. The topological polar surface area (TPSA) is 76.7 Å². The standard InChI is InChI=1S/C18H22N2O4S/c1-12-6-7-13(2)18(10-12)25(21,22)20-19-14(3)16-9-8-15(23-4)11-17(16)24-5/h6-11,19-20H,3H2,1-2,4-5H3. The predicted octanol–water partition coefficient (Wildman–Crippen LogP) is 2.77. The smallest absolute Gasteiger partial charge is 0.257 e. The lowest BCUT2D eigenvalue weighted by Crippen LogP contribution is -2.36. The van der Waals surface area contributed by atoms with E-state index in [-0.39, 0.29) is 4.90 Å². The molecule has 0 atom stereocenters. The van der Waals surface area contributed by atoms with Crippen LogP contribution in [0.25, 0.3) is 5.70 Å². The van der Waals surface area contributed by atoms with Crippen molar-refractivity contribution in [2.24, 2.45) is 0 Å². The van der Waals surface area contributed by atoms with Crippen LogP contribution in [0.2, 0.25) is 0 Å². The van der Waals surface area contributed by atoms with E-state index in [1.54, 1.807) is 44.4 Å². The van der Waals surface area contributed by atoms with Crippen LogP contribution in [-0.4, -0.2) is 22.6 Å². The highest BCUT2D eigenvalue weighted by molar-refractivity contribution is 7.89. The van der Waals surface area contributed by atoms with E-state index >= 15 is 0 Å². The second-order valence-electron chi connectivity index (χ2n) is 5.54. The van der Waals surface area contributed by atoms with Gasteiger partial charge in [0.1, 0.15) is 11.5 Å². The second-order valence-corrected chi connectivity index (χ2v) is 7.20. The van der Waals surface area contributed by atoms with Gasteiger partial charge in [0, 0.05) is 11.6 Å². The van der Waals surface area contributed by atoms with Crippen molar-refractivity contribution in [2.45, 2.75) is 18.7 Å². The fourth-order valence-electron chi connectivity index (χ4n) is 2.30. The van der Waals surface area contributed by atoms with Crippen molar-refractivity contribution in [1.82, 2.24) is 10.3 Å². The number of hydrazine groups is 1. The molecule has 0 bridgehead atoms. The second kappa shape index (κ2) is 7.58. The molecule has 2 aromatic rings. The molecule has 0 radical (unpaired) electrons. The van der Waals surface area contributed by atoms with E-state index in [4.69, 9.17) is 9.47 Å². The van der Waals surface area contributed by atoms with Crippen molar-refractivity contribution in [3.05, 3.63) is 59.7 Å². The minimum Gasteiger partial charge on any atom is -0.497 e. The molecule has 0 aromatic heterocycles. The third-order valence-electron chi connectivity index (χ3n) is 3.70. The summed E-state index contributed by atoms with van der Waals surface area (Å²) < 4.78 is 35.5. The summed E-state index contributed by atoms with van der Waals surface area (Å²) in [4.78, 5) is 2.57. The molecule has 0 saturated heterocycles. The normalized spacial score (nSPS) is 11.0. The largest absolute Gasteiger partial charge is 0.497 e. The molecule has 2 aromatic carbocycles. The van der Waals surface area contributed by atoms with E-state index in [0.717, 1.165) is 5.56 Å². The van der Waals surface area contributed by atoms with E-state index in [1.165, 1.54) is 7.11 Å². The lowest BCUT2D eigenvalue weighted by atomic mass is 10.1. The molecule has 7 heteroatoms. The Morgan fingerprint density at radius 2 is 1.76 bits per heavy atom. The maximum atomic E-state index is 12.5. The van der Waals surface area contributed by atoms with E-state index in [0.29, 0.717) is 28.3 Å². The molecule has 6 nitrogen and oxygen atoms in total. The molecule has 134 valence electrons. The van der Waals surface area contributed by atoms with Gasteiger partial charge in [-0.15, -0.1) is 4.83 Å². The van der Waals surface area contributed by atoms with Crippen LogP contribution in [0.4, 0.5) is 0 Å². The lowest BCUT2D eigenvalue weighted by molar-refractivity contribution is 0.393. The first-order valence-corrected chi connectivity index (χ1v) is 9.03. The van der Waals surface area contributed by atoms with Gasteiger partial charge in [0.05, 0.1) is 24.8 Å². The summed E-state index contributed by atoms with van der Waals surface area (Å²) in [5, 5.41) is 0. The number of sulfonamides is 1. The van der Waals surface area contributed by atoms with Crippen molar-refractivity contribution in [3.8, 4) is 11.5 Å². The van der Waals surface area contributed by atoms with Gasteiger partial charge in [-0.25, -0.2) is 8.42 Å². The van der Waals surface area contributed by atoms with Gasteiger partial charge in [-0.2, -0.15) is 0 Å². The molecule has 0 aliphatic carbocycles. The van der Waals surface area contributed by atoms with E-state index in [2.05, 4.69) is 16.8 Å². The first kappa shape index (κ1) is 18.8. The Kier molecular flexibility index (Phi) is 5.71. The number of hydrogen-bond acceptors (Lipinski definition) is 5. The molecule has 0 amide bonds. The minimum absolute atomic E-state index is 0.217. The fourth-order valence-corrected chi connectivity index (χ4v) is 3.50.